The number of carbonyl (C=O) groups excluding carboxylic acids is 1. The fraction of sp³-hybridized carbons (Fsp3) is 0.263. The van der Waals surface area contributed by atoms with Crippen LogP contribution in [0.1, 0.15) is 17.5 Å². The van der Waals surface area contributed by atoms with Gasteiger partial charge >= 0.3 is 12.6 Å². The molecular formula is C19H19F2NO4. The van der Waals surface area contributed by atoms with E-state index >= 15 is 0 Å². The second kappa shape index (κ2) is 9.50. The molecule has 7 heteroatoms. The summed E-state index contributed by atoms with van der Waals surface area (Å²) >= 11 is 0. The molecule has 1 amide bonds. The minimum Gasteiger partial charge on any atom is -0.480 e. The average Bonchev–Trinajstić information content (AvgIpc) is 2.61. The fourth-order valence-corrected chi connectivity index (χ4v) is 2.41. The number of carboxylic acids is 1. The van der Waals surface area contributed by atoms with Crippen molar-refractivity contribution >= 4 is 11.9 Å². The van der Waals surface area contributed by atoms with Crippen LogP contribution in [0.15, 0.2) is 54.6 Å². The normalized spacial score (nSPS) is 11.8. The molecule has 2 N–H and O–H groups in total. The molecule has 0 aromatic heterocycles. The van der Waals surface area contributed by atoms with Crippen molar-refractivity contribution in [1.29, 1.82) is 0 Å². The molecule has 26 heavy (non-hydrogen) atoms. The number of aliphatic carboxylic acids is 1. The van der Waals surface area contributed by atoms with E-state index in [4.69, 9.17) is 0 Å². The molecule has 1 atom stereocenters. The smallest absolute Gasteiger partial charge is 0.387 e. The van der Waals surface area contributed by atoms with Crippen LogP contribution < -0.4 is 10.1 Å². The number of rotatable bonds is 9. The van der Waals surface area contributed by atoms with Gasteiger partial charge in [0.2, 0.25) is 5.91 Å². The highest BCUT2D eigenvalue weighted by Crippen LogP contribution is 2.15. The van der Waals surface area contributed by atoms with Crippen LogP contribution in [-0.4, -0.2) is 29.6 Å². The topological polar surface area (TPSA) is 75.6 Å². The number of hydrogen-bond acceptors (Lipinski definition) is 3. The van der Waals surface area contributed by atoms with Gasteiger partial charge in [-0.3, -0.25) is 4.79 Å². The fourth-order valence-electron chi connectivity index (χ4n) is 2.41. The van der Waals surface area contributed by atoms with Crippen LogP contribution in [0.25, 0.3) is 0 Å². The van der Waals surface area contributed by atoms with Gasteiger partial charge in [-0.25, -0.2) is 4.79 Å². The molecule has 138 valence electrons. The zero-order chi connectivity index (χ0) is 18.9. The van der Waals surface area contributed by atoms with Gasteiger partial charge in [-0.2, -0.15) is 8.78 Å². The van der Waals surface area contributed by atoms with Crippen molar-refractivity contribution < 1.29 is 28.2 Å². The first kappa shape index (κ1) is 19.4. The van der Waals surface area contributed by atoms with Crippen molar-refractivity contribution in [2.75, 3.05) is 0 Å². The molecular weight excluding hydrogens is 344 g/mol. The Bertz CT molecular complexity index is 720. The van der Waals surface area contributed by atoms with E-state index < -0.39 is 18.6 Å². The van der Waals surface area contributed by atoms with Crippen molar-refractivity contribution in [2.24, 2.45) is 0 Å². The van der Waals surface area contributed by atoms with Gasteiger partial charge in [-0.05, 0) is 29.7 Å². The average molecular weight is 363 g/mol. The molecule has 0 fully saturated rings. The number of carbonyl (C=O) groups is 2. The van der Waals surface area contributed by atoms with Crippen LogP contribution in [-0.2, 0) is 22.4 Å². The molecule has 0 aliphatic carbocycles. The molecule has 0 heterocycles. The van der Waals surface area contributed by atoms with Gasteiger partial charge in [-0.15, -0.1) is 0 Å². The van der Waals surface area contributed by atoms with Crippen LogP contribution in [0.3, 0.4) is 0 Å². The summed E-state index contributed by atoms with van der Waals surface area (Å²) in [5.74, 6) is -1.45. The quantitative estimate of drug-likeness (QED) is 0.718. The zero-order valence-corrected chi connectivity index (χ0v) is 13.9. The van der Waals surface area contributed by atoms with Gasteiger partial charge in [-0.1, -0.05) is 42.5 Å². The summed E-state index contributed by atoms with van der Waals surface area (Å²) in [5.41, 5.74) is 1.58. The van der Waals surface area contributed by atoms with Crippen molar-refractivity contribution in [2.45, 2.75) is 31.9 Å². The van der Waals surface area contributed by atoms with E-state index in [1.165, 1.54) is 12.1 Å². The third-order valence-electron chi connectivity index (χ3n) is 3.71. The Morgan fingerprint density at radius 3 is 2.23 bits per heavy atom. The summed E-state index contributed by atoms with van der Waals surface area (Å²) in [6.07, 6.45) is 0.646. The lowest BCUT2D eigenvalue weighted by Gasteiger charge is -2.14. The second-order valence-corrected chi connectivity index (χ2v) is 5.67. The first-order chi connectivity index (χ1) is 12.4. The molecule has 2 aromatic rings. The first-order valence-corrected chi connectivity index (χ1v) is 8.04. The van der Waals surface area contributed by atoms with Gasteiger partial charge in [0.15, 0.2) is 0 Å². The Hall–Kier alpha value is -2.96. The number of carboxylic acid groups (broad SMARTS) is 1. The number of ether oxygens (including phenoxy) is 1. The van der Waals surface area contributed by atoms with E-state index in [1.807, 2.05) is 6.07 Å². The maximum Gasteiger partial charge on any atom is 0.387 e. The molecule has 0 aliphatic heterocycles. The Kier molecular flexibility index (Phi) is 7.08. The van der Waals surface area contributed by atoms with Crippen LogP contribution in [0.4, 0.5) is 8.78 Å². The minimum atomic E-state index is -2.89. The van der Waals surface area contributed by atoms with Gasteiger partial charge in [0.1, 0.15) is 11.8 Å². The number of nitrogens with one attached hydrogen (secondary N) is 1. The summed E-state index contributed by atoms with van der Waals surface area (Å²) in [7, 11) is 0. The summed E-state index contributed by atoms with van der Waals surface area (Å²) < 4.78 is 28.4. The second-order valence-electron chi connectivity index (χ2n) is 5.67. The predicted octanol–water partition coefficient (Wildman–Crippen LogP) is 3.03. The Morgan fingerprint density at radius 1 is 1.00 bits per heavy atom. The van der Waals surface area contributed by atoms with Gasteiger partial charge < -0.3 is 15.2 Å². The maximum atomic E-state index is 12.1. The highest BCUT2D eigenvalue weighted by Gasteiger charge is 2.20. The molecule has 2 rings (SSSR count). The van der Waals surface area contributed by atoms with Crippen LogP contribution >= 0.6 is 0 Å². The third-order valence-corrected chi connectivity index (χ3v) is 3.71. The van der Waals surface area contributed by atoms with Crippen LogP contribution in [0, 0.1) is 0 Å². The molecule has 0 aliphatic rings. The van der Waals surface area contributed by atoms with Crippen LogP contribution in [0.2, 0.25) is 0 Å². The van der Waals surface area contributed by atoms with Crippen molar-refractivity contribution in [1.82, 2.24) is 5.32 Å². The molecule has 0 bridgehead atoms. The van der Waals surface area contributed by atoms with E-state index in [1.54, 1.807) is 36.4 Å². The number of halogens is 2. The summed E-state index contributed by atoms with van der Waals surface area (Å²) in [6.45, 7) is -2.89. The Balaban J connectivity index is 1.85. The number of benzene rings is 2. The summed E-state index contributed by atoms with van der Waals surface area (Å²) in [6, 6.07) is 14.0. The van der Waals surface area contributed by atoms with Crippen molar-refractivity contribution in [3.63, 3.8) is 0 Å². The Morgan fingerprint density at radius 2 is 1.65 bits per heavy atom. The largest absolute Gasteiger partial charge is 0.480 e. The van der Waals surface area contributed by atoms with Gasteiger partial charge in [0, 0.05) is 12.8 Å². The molecule has 5 nitrogen and oxygen atoms in total. The predicted molar refractivity (Wildman–Crippen MR) is 91.1 cm³/mol. The highest BCUT2D eigenvalue weighted by molar-refractivity contribution is 5.83. The van der Waals surface area contributed by atoms with Gasteiger partial charge in [0.25, 0.3) is 0 Å². The minimum absolute atomic E-state index is 0.0435. The van der Waals surface area contributed by atoms with E-state index in [9.17, 15) is 23.5 Å². The molecule has 0 saturated carbocycles. The molecule has 2 aromatic carbocycles. The van der Waals surface area contributed by atoms with Crippen LogP contribution in [0.5, 0.6) is 5.75 Å². The van der Waals surface area contributed by atoms with E-state index in [0.29, 0.717) is 6.42 Å². The number of amides is 1. The van der Waals surface area contributed by atoms with E-state index in [-0.39, 0.29) is 24.5 Å². The summed E-state index contributed by atoms with van der Waals surface area (Å²) in [5, 5.41) is 11.8. The zero-order valence-electron chi connectivity index (χ0n) is 13.9. The maximum absolute atomic E-state index is 12.1. The van der Waals surface area contributed by atoms with E-state index in [0.717, 1.165) is 11.1 Å². The lowest BCUT2D eigenvalue weighted by Crippen LogP contribution is -2.42. The molecule has 0 radical (unpaired) electrons. The molecule has 0 spiro atoms. The lowest BCUT2D eigenvalue weighted by molar-refractivity contribution is -0.141. The lowest BCUT2D eigenvalue weighted by atomic mass is 10.1. The highest BCUT2D eigenvalue weighted by atomic mass is 19.3. The number of hydrogen-bond donors (Lipinski definition) is 2. The first-order valence-electron chi connectivity index (χ1n) is 8.04. The standard InChI is InChI=1S/C19H19F2NO4/c20-19(21)26-15-9-6-13(7-10-15)8-11-17(23)22-16(18(24)25)12-14-4-2-1-3-5-14/h1-7,9-10,16,19H,8,11-12H2,(H,22,23)(H,24,25)/t16-/m1/s1. The molecule has 0 unspecified atom stereocenters. The number of alkyl halides is 2. The molecule has 0 saturated heterocycles. The monoisotopic (exact) mass is 363 g/mol. The summed E-state index contributed by atoms with van der Waals surface area (Å²) in [4.78, 5) is 23.4. The Labute approximate surface area is 149 Å². The van der Waals surface area contributed by atoms with E-state index in [2.05, 4.69) is 10.1 Å². The van der Waals surface area contributed by atoms with Crippen molar-refractivity contribution in [3.8, 4) is 5.75 Å². The van der Waals surface area contributed by atoms with Crippen molar-refractivity contribution in [3.05, 3.63) is 65.7 Å². The number of aryl methyl sites for hydroxylation is 1. The third kappa shape index (κ3) is 6.51. The van der Waals surface area contributed by atoms with Gasteiger partial charge in [0.05, 0.1) is 0 Å². The SMILES string of the molecule is O=C(CCc1ccc(OC(F)F)cc1)N[C@H](Cc1ccccc1)C(=O)O.